The molecule has 0 unspecified atom stereocenters. The number of rotatable bonds is 7. The maximum absolute atomic E-state index is 6.83. The van der Waals surface area contributed by atoms with Crippen molar-refractivity contribution in [2.75, 3.05) is 20.8 Å². The number of ether oxygens (including phenoxy) is 2. The third kappa shape index (κ3) is 5.51. The van der Waals surface area contributed by atoms with Crippen LogP contribution in [0.3, 0.4) is 0 Å². The van der Waals surface area contributed by atoms with Crippen molar-refractivity contribution in [3.63, 3.8) is 0 Å². The normalized spacial score (nSPS) is 12.2. The third-order valence-corrected chi connectivity index (χ3v) is 9.90. The van der Waals surface area contributed by atoms with Crippen LogP contribution in [-0.2, 0) is 13.9 Å². The van der Waals surface area contributed by atoms with Gasteiger partial charge in [0, 0.05) is 25.9 Å². The smallest absolute Gasteiger partial charge is 0.261 e. The molecule has 4 heteroatoms. The van der Waals surface area contributed by atoms with Crippen molar-refractivity contribution in [3.05, 3.63) is 72.3 Å². The number of hydrogen-bond donors (Lipinski definition) is 0. The number of hydrogen-bond acceptors (Lipinski definition) is 3. The average Bonchev–Trinajstić information content (AvgIpc) is 2.76. The molecule has 0 saturated carbocycles. The molecule has 0 bridgehead atoms. The second-order valence-corrected chi connectivity index (χ2v) is 12.2. The lowest BCUT2D eigenvalue weighted by atomic mass is 10.2. The molecule has 0 radical (unpaired) electrons. The molecule has 2 rings (SSSR count). The molecule has 3 nitrogen and oxygen atoms in total. The lowest BCUT2D eigenvalue weighted by Crippen LogP contribution is -2.66. The fraction of sp³-hybridized carbons (Fsp3) is 0.308. The Morgan fingerprint density at radius 2 is 1.47 bits per heavy atom. The van der Waals surface area contributed by atoms with Gasteiger partial charge in [-0.1, -0.05) is 93.3 Å². The second-order valence-electron chi connectivity index (χ2n) is 7.86. The molecule has 0 heterocycles. The minimum absolute atomic E-state index is 0.113. The number of allylic oxidation sites excluding steroid dienone is 1. The Balaban J connectivity index is 2.47. The zero-order valence-corrected chi connectivity index (χ0v) is 19.4. The summed E-state index contributed by atoms with van der Waals surface area (Å²) in [5.41, 5.74) is 0.682. The monoisotopic (exact) mass is 418 g/mol. The van der Waals surface area contributed by atoms with Crippen LogP contribution in [0, 0.1) is 24.2 Å². The van der Waals surface area contributed by atoms with E-state index in [4.69, 9.17) is 20.3 Å². The summed E-state index contributed by atoms with van der Waals surface area (Å²) in [6.45, 7) is 7.02. The summed E-state index contributed by atoms with van der Waals surface area (Å²) in [5, 5.41) is 2.31. The third-order valence-electron chi connectivity index (χ3n) is 4.92. The SMILES string of the molecule is C#C/C(=C\C#CC(OC)OC)CO[Si](c1ccccc1)(c1ccccc1)C(C)(C)C. The van der Waals surface area contributed by atoms with Gasteiger partial charge < -0.3 is 13.9 Å². The fourth-order valence-electron chi connectivity index (χ4n) is 3.48. The van der Waals surface area contributed by atoms with Crippen molar-refractivity contribution in [1.82, 2.24) is 0 Å². The van der Waals surface area contributed by atoms with Crippen LogP contribution >= 0.6 is 0 Å². The second kappa shape index (κ2) is 11.0. The first kappa shape index (κ1) is 23.7. The number of benzene rings is 2. The van der Waals surface area contributed by atoms with Crippen LogP contribution in [0.25, 0.3) is 0 Å². The van der Waals surface area contributed by atoms with Gasteiger partial charge in [0.15, 0.2) is 0 Å². The Bertz CT molecular complexity index is 882. The van der Waals surface area contributed by atoms with Crippen molar-refractivity contribution >= 4 is 18.7 Å². The maximum atomic E-state index is 6.83. The first-order valence-electron chi connectivity index (χ1n) is 9.86. The lowest BCUT2D eigenvalue weighted by molar-refractivity contribution is -0.0595. The molecule has 0 N–H and O–H groups in total. The van der Waals surface area contributed by atoms with Gasteiger partial charge >= 0.3 is 0 Å². The summed E-state index contributed by atoms with van der Waals surface area (Å²) in [6, 6.07) is 20.9. The molecule has 0 saturated heterocycles. The van der Waals surface area contributed by atoms with Crippen LogP contribution in [0.2, 0.25) is 5.04 Å². The summed E-state index contributed by atoms with van der Waals surface area (Å²) in [4.78, 5) is 0. The van der Waals surface area contributed by atoms with Gasteiger partial charge in [-0.25, -0.2) is 0 Å². The standard InChI is InChI=1S/C26H30O3Si/c1-7-22(15-14-20-25(27-5)28-6)21-29-30(26(2,3)4,23-16-10-8-11-17-23)24-18-12-9-13-19-24/h1,8-13,15-19,25H,21H2,2-6H3/b22-15+. The van der Waals surface area contributed by atoms with Gasteiger partial charge in [0.1, 0.15) is 0 Å². The minimum atomic E-state index is -2.64. The first-order valence-corrected chi connectivity index (χ1v) is 11.8. The number of methoxy groups -OCH3 is 2. The van der Waals surface area contributed by atoms with Crippen molar-refractivity contribution in [2.24, 2.45) is 0 Å². The van der Waals surface area contributed by atoms with E-state index in [0.29, 0.717) is 12.2 Å². The Labute approximate surface area is 182 Å². The van der Waals surface area contributed by atoms with Crippen molar-refractivity contribution in [3.8, 4) is 24.2 Å². The molecule has 0 atom stereocenters. The van der Waals surface area contributed by atoms with Gasteiger partial charge in [-0.05, 0) is 21.3 Å². The van der Waals surface area contributed by atoms with Gasteiger partial charge in [-0.2, -0.15) is 0 Å². The Kier molecular flexibility index (Phi) is 8.66. The lowest BCUT2D eigenvalue weighted by Gasteiger charge is -2.43. The van der Waals surface area contributed by atoms with Crippen LogP contribution in [-0.4, -0.2) is 35.4 Å². The van der Waals surface area contributed by atoms with Crippen LogP contribution in [0.5, 0.6) is 0 Å². The van der Waals surface area contributed by atoms with Crippen LogP contribution in [0.4, 0.5) is 0 Å². The van der Waals surface area contributed by atoms with E-state index >= 15 is 0 Å². The van der Waals surface area contributed by atoms with E-state index in [1.54, 1.807) is 20.3 Å². The molecular formula is C26H30O3Si. The maximum Gasteiger partial charge on any atom is 0.261 e. The molecular weight excluding hydrogens is 388 g/mol. The highest BCUT2D eigenvalue weighted by Crippen LogP contribution is 2.36. The molecule has 0 fully saturated rings. The molecule has 2 aromatic rings. The summed E-state index contributed by atoms with van der Waals surface area (Å²) >= 11 is 0. The van der Waals surface area contributed by atoms with Gasteiger partial charge in [-0.3, -0.25) is 0 Å². The predicted molar refractivity (Wildman–Crippen MR) is 126 cm³/mol. The zero-order chi connectivity index (χ0) is 22.0. The van der Waals surface area contributed by atoms with Gasteiger partial charge in [0.25, 0.3) is 8.32 Å². The molecule has 0 aliphatic carbocycles. The van der Waals surface area contributed by atoms with E-state index in [2.05, 4.69) is 87.1 Å². The summed E-state index contributed by atoms with van der Waals surface area (Å²) in [6.07, 6.45) is 6.87. The average molecular weight is 419 g/mol. The highest BCUT2D eigenvalue weighted by molar-refractivity contribution is 6.99. The molecule has 2 aromatic carbocycles. The topological polar surface area (TPSA) is 27.7 Å². The minimum Gasteiger partial charge on any atom is -0.402 e. The largest absolute Gasteiger partial charge is 0.402 e. The summed E-state index contributed by atoms with van der Waals surface area (Å²) in [5.74, 6) is 8.50. The zero-order valence-electron chi connectivity index (χ0n) is 18.4. The van der Waals surface area contributed by atoms with E-state index in [-0.39, 0.29) is 5.04 Å². The van der Waals surface area contributed by atoms with E-state index < -0.39 is 14.6 Å². The fourth-order valence-corrected chi connectivity index (χ4v) is 8.01. The molecule has 0 spiro atoms. The molecule has 0 aliphatic heterocycles. The van der Waals surface area contributed by atoms with Gasteiger partial charge in [-0.15, -0.1) is 6.42 Å². The van der Waals surface area contributed by atoms with Crippen molar-refractivity contribution in [2.45, 2.75) is 32.1 Å². The van der Waals surface area contributed by atoms with E-state index in [1.807, 2.05) is 12.1 Å². The van der Waals surface area contributed by atoms with E-state index in [9.17, 15) is 0 Å². The van der Waals surface area contributed by atoms with E-state index in [0.717, 1.165) is 0 Å². The predicted octanol–water partition coefficient (Wildman–Crippen LogP) is 3.74. The van der Waals surface area contributed by atoms with Crippen LogP contribution in [0.15, 0.2) is 72.3 Å². The van der Waals surface area contributed by atoms with Crippen LogP contribution in [0.1, 0.15) is 20.8 Å². The molecule has 30 heavy (non-hydrogen) atoms. The van der Waals surface area contributed by atoms with Gasteiger partial charge in [0.2, 0.25) is 6.29 Å². The molecule has 156 valence electrons. The first-order chi connectivity index (χ1) is 14.4. The number of terminal acetylenes is 1. The van der Waals surface area contributed by atoms with Crippen LogP contribution < -0.4 is 10.4 Å². The quantitative estimate of drug-likeness (QED) is 0.389. The Morgan fingerprint density at radius 1 is 0.967 bits per heavy atom. The molecule has 0 aromatic heterocycles. The summed E-state index contributed by atoms with van der Waals surface area (Å²) in [7, 11) is 0.448. The Hall–Kier alpha value is -2.60. The molecule has 0 amide bonds. The molecule has 0 aliphatic rings. The van der Waals surface area contributed by atoms with Crippen molar-refractivity contribution < 1.29 is 13.9 Å². The highest BCUT2D eigenvalue weighted by Gasteiger charge is 2.50. The Morgan fingerprint density at radius 3 is 1.87 bits per heavy atom. The highest BCUT2D eigenvalue weighted by atomic mass is 28.4. The van der Waals surface area contributed by atoms with E-state index in [1.165, 1.54) is 10.4 Å². The van der Waals surface area contributed by atoms with Gasteiger partial charge in [0.05, 0.1) is 6.61 Å². The summed E-state index contributed by atoms with van der Waals surface area (Å²) < 4.78 is 17.0. The van der Waals surface area contributed by atoms with Crippen molar-refractivity contribution in [1.29, 1.82) is 0 Å².